The summed E-state index contributed by atoms with van der Waals surface area (Å²) in [5.74, 6) is -0.813. The number of carbonyl (C=O) groups excluding carboxylic acids is 1. The van der Waals surface area contributed by atoms with Crippen LogP contribution in [0.4, 0.5) is 10.2 Å². The highest BCUT2D eigenvalue weighted by atomic mass is 32.2. The molecule has 0 aromatic carbocycles. The van der Waals surface area contributed by atoms with Crippen LogP contribution in [0.25, 0.3) is 28.5 Å². The minimum atomic E-state index is -1.27. The average Bonchev–Trinajstić information content (AvgIpc) is 3.60. The summed E-state index contributed by atoms with van der Waals surface area (Å²) in [5.41, 5.74) is 8.89. The van der Waals surface area contributed by atoms with Gasteiger partial charge < -0.3 is 14.6 Å². The number of fused-ring (bicyclic) bond motifs is 1. The number of rotatable bonds is 9. The number of oxazole rings is 1. The molecule has 0 fully saturated rings. The second-order valence-electron chi connectivity index (χ2n) is 9.94. The van der Waals surface area contributed by atoms with Gasteiger partial charge >= 0.3 is 0 Å². The summed E-state index contributed by atoms with van der Waals surface area (Å²) >= 11 is 0. The molecule has 0 saturated heterocycles. The Kier molecular flexibility index (Phi) is 7.50. The van der Waals surface area contributed by atoms with Crippen LogP contribution in [0, 0.1) is 5.82 Å². The Labute approximate surface area is 231 Å². The first-order valence-electron chi connectivity index (χ1n) is 12.4. The summed E-state index contributed by atoms with van der Waals surface area (Å²) < 4.78 is 36.5. The van der Waals surface area contributed by atoms with Gasteiger partial charge in [0.2, 0.25) is 5.89 Å². The summed E-state index contributed by atoms with van der Waals surface area (Å²) in [4.78, 5) is 34.8. The molecule has 1 unspecified atom stereocenters. The third kappa shape index (κ3) is 5.65. The molecule has 0 radical (unpaired) electrons. The zero-order chi connectivity index (χ0) is 28.4. The fourth-order valence-electron chi connectivity index (χ4n) is 3.95. The molecule has 0 aliphatic carbocycles. The number of aryl methyl sites for hydroxylation is 1. The normalized spacial score (nSPS) is 12.6. The fraction of sp³-hybridized carbons (Fsp3) is 0.259. The van der Waals surface area contributed by atoms with Crippen molar-refractivity contribution in [2.45, 2.75) is 44.9 Å². The molecule has 5 rings (SSSR count). The molecule has 5 heterocycles. The molecule has 11 nitrogen and oxygen atoms in total. The Bertz CT molecular complexity index is 1710. The number of anilines is 1. The van der Waals surface area contributed by atoms with Crippen LogP contribution in [-0.2, 0) is 24.0 Å². The van der Waals surface area contributed by atoms with E-state index in [1.165, 1.54) is 30.8 Å². The zero-order valence-electron chi connectivity index (χ0n) is 22.1. The standard InChI is InChI=1S/C27H27FN8O3S/c1-27(2,3)40(38)33-14-17-13-32-21-9-6-16(15-36(17)21)22-24(26-31-11-12-39-26)35-25(29)23(34-22)20(37)8-7-19-18(28)5-4-10-30-19/h4-6,9-13,15,33H,7-8,14H2,1-3H3,(H2,29,35). The Morgan fingerprint density at radius 3 is 2.67 bits per heavy atom. The van der Waals surface area contributed by atoms with Gasteiger partial charge in [-0.3, -0.25) is 9.78 Å². The van der Waals surface area contributed by atoms with Crippen LogP contribution in [0.5, 0.6) is 0 Å². The zero-order valence-corrected chi connectivity index (χ0v) is 22.9. The van der Waals surface area contributed by atoms with Gasteiger partial charge in [0, 0.05) is 24.4 Å². The van der Waals surface area contributed by atoms with E-state index in [9.17, 15) is 13.4 Å². The smallest absolute Gasteiger partial charge is 0.247 e. The number of nitrogens with one attached hydrogen (secondary N) is 1. The SMILES string of the molecule is CC(C)(C)S(=O)NCc1cnc2ccc(-c3nc(C(=O)CCc4ncccc4F)c(N)nc3-c3ncco3)cn12. The van der Waals surface area contributed by atoms with Crippen LogP contribution in [-0.4, -0.2) is 44.1 Å². The summed E-state index contributed by atoms with van der Waals surface area (Å²) in [6, 6.07) is 6.36. The van der Waals surface area contributed by atoms with Crippen molar-refractivity contribution in [1.82, 2.24) is 34.0 Å². The van der Waals surface area contributed by atoms with Gasteiger partial charge in [0.15, 0.2) is 17.3 Å². The number of ketones is 1. The van der Waals surface area contributed by atoms with Crippen molar-refractivity contribution in [1.29, 1.82) is 0 Å². The monoisotopic (exact) mass is 562 g/mol. The number of nitrogen functional groups attached to an aromatic ring is 1. The summed E-state index contributed by atoms with van der Waals surface area (Å²) in [6.07, 6.45) is 7.84. The first-order valence-corrected chi connectivity index (χ1v) is 13.6. The molecule has 0 saturated carbocycles. The van der Waals surface area contributed by atoms with Crippen LogP contribution < -0.4 is 10.5 Å². The van der Waals surface area contributed by atoms with Crippen molar-refractivity contribution in [3.05, 3.63) is 78.2 Å². The van der Waals surface area contributed by atoms with Crippen LogP contribution in [0.1, 0.15) is 49.1 Å². The number of hydrogen-bond donors (Lipinski definition) is 2. The van der Waals surface area contributed by atoms with Crippen molar-refractivity contribution >= 4 is 28.2 Å². The van der Waals surface area contributed by atoms with E-state index in [1.54, 1.807) is 24.5 Å². The molecule has 3 N–H and O–H groups in total. The molecule has 40 heavy (non-hydrogen) atoms. The minimum Gasteiger partial charge on any atom is -0.443 e. The number of imidazole rings is 1. The number of pyridine rings is 2. The number of nitrogens with two attached hydrogens (primary N) is 1. The number of nitrogens with zero attached hydrogens (tertiary/aromatic N) is 6. The summed E-state index contributed by atoms with van der Waals surface area (Å²) in [6.45, 7) is 5.97. The van der Waals surface area contributed by atoms with E-state index in [2.05, 4.69) is 29.6 Å². The fourth-order valence-corrected chi connectivity index (χ4v) is 4.67. The van der Waals surface area contributed by atoms with Crippen molar-refractivity contribution < 1.29 is 17.8 Å². The summed E-state index contributed by atoms with van der Waals surface area (Å²) in [7, 11) is -1.27. The minimum absolute atomic E-state index is 0.0464. The third-order valence-electron chi connectivity index (χ3n) is 6.04. The first-order chi connectivity index (χ1) is 19.1. The Hall–Kier alpha value is -4.36. The van der Waals surface area contributed by atoms with E-state index in [0.29, 0.717) is 23.4 Å². The Morgan fingerprint density at radius 1 is 1.12 bits per heavy atom. The predicted molar refractivity (Wildman–Crippen MR) is 148 cm³/mol. The van der Waals surface area contributed by atoms with Gasteiger partial charge in [-0.2, -0.15) is 0 Å². The van der Waals surface area contributed by atoms with Gasteiger partial charge in [0.05, 0.1) is 46.1 Å². The second kappa shape index (κ2) is 11.0. The van der Waals surface area contributed by atoms with Gasteiger partial charge in [0.25, 0.3) is 0 Å². The number of carbonyl (C=O) groups is 1. The number of Topliss-reactive ketones (excluding diaryl/α,β-unsaturated/α-hetero) is 1. The van der Waals surface area contributed by atoms with E-state index < -0.39 is 27.3 Å². The molecule has 0 aliphatic rings. The Morgan fingerprint density at radius 2 is 1.95 bits per heavy atom. The van der Waals surface area contributed by atoms with E-state index >= 15 is 0 Å². The molecule has 206 valence electrons. The highest BCUT2D eigenvalue weighted by molar-refractivity contribution is 7.84. The molecule has 5 aromatic heterocycles. The number of halogens is 1. The van der Waals surface area contributed by atoms with Crippen molar-refractivity contribution in [3.63, 3.8) is 0 Å². The van der Waals surface area contributed by atoms with Crippen LogP contribution in [0.3, 0.4) is 0 Å². The molecular weight excluding hydrogens is 535 g/mol. The van der Waals surface area contributed by atoms with Crippen molar-refractivity contribution in [2.75, 3.05) is 5.73 Å². The van der Waals surface area contributed by atoms with E-state index in [4.69, 9.17) is 10.2 Å². The lowest BCUT2D eigenvalue weighted by Gasteiger charge is -2.18. The van der Waals surface area contributed by atoms with Crippen LogP contribution >= 0.6 is 0 Å². The first kappa shape index (κ1) is 27.2. The molecule has 0 amide bonds. The lowest BCUT2D eigenvalue weighted by molar-refractivity contribution is 0.0978. The second-order valence-corrected chi connectivity index (χ2v) is 12.0. The Balaban J connectivity index is 1.52. The average molecular weight is 563 g/mol. The largest absolute Gasteiger partial charge is 0.443 e. The predicted octanol–water partition coefficient (Wildman–Crippen LogP) is 3.93. The maximum Gasteiger partial charge on any atom is 0.247 e. The van der Waals surface area contributed by atoms with Crippen LogP contribution in [0.15, 0.2) is 59.7 Å². The van der Waals surface area contributed by atoms with E-state index in [0.717, 1.165) is 5.69 Å². The van der Waals surface area contributed by atoms with Crippen LogP contribution in [0.2, 0.25) is 0 Å². The van der Waals surface area contributed by atoms with E-state index in [-0.39, 0.29) is 41.6 Å². The van der Waals surface area contributed by atoms with E-state index in [1.807, 2.05) is 25.2 Å². The topological polar surface area (TPSA) is 154 Å². The molecule has 1 atom stereocenters. The van der Waals surface area contributed by atoms with Gasteiger partial charge in [-0.15, -0.1) is 0 Å². The maximum absolute atomic E-state index is 14.0. The number of hydrogen-bond acceptors (Lipinski definition) is 9. The molecule has 0 spiro atoms. The van der Waals surface area contributed by atoms with Gasteiger partial charge in [-0.25, -0.2) is 33.3 Å². The van der Waals surface area contributed by atoms with Crippen molar-refractivity contribution in [2.24, 2.45) is 0 Å². The lowest BCUT2D eigenvalue weighted by Crippen LogP contribution is -2.33. The van der Waals surface area contributed by atoms with Gasteiger partial charge in [0.1, 0.15) is 29.1 Å². The van der Waals surface area contributed by atoms with Crippen molar-refractivity contribution in [3.8, 4) is 22.8 Å². The molecule has 5 aromatic rings. The summed E-state index contributed by atoms with van der Waals surface area (Å²) in [5, 5.41) is 0. The number of aromatic nitrogens is 6. The highest BCUT2D eigenvalue weighted by Gasteiger charge is 2.23. The third-order valence-corrected chi connectivity index (χ3v) is 7.56. The lowest BCUT2D eigenvalue weighted by atomic mass is 10.1. The van der Waals surface area contributed by atoms with Gasteiger partial charge in [-0.1, -0.05) is 0 Å². The molecule has 0 bridgehead atoms. The molecule has 0 aliphatic heterocycles. The maximum atomic E-state index is 14.0. The quantitative estimate of drug-likeness (QED) is 0.254. The molecular formula is C27H27FN8O3S. The molecule has 13 heteroatoms. The highest BCUT2D eigenvalue weighted by Crippen LogP contribution is 2.31. The van der Waals surface area contributed by atoms with Gasteiger partial charge in [-0.05, 0) is 51.5 Å².